The van der Waals surface area contributed by atoms with Crippen molar-refractivity contribution >= 4 is 17.5 Å². The lowest BCUT2D eigenvalue weighted by atomic mass is 10.0. The van der Waals surface area contributed by atoms with Crippen molar-refractivity contribution in [1.82, 2.24) is 5.32 Å². The van der Waals surface area contributed by atoms with Crippen LogP contribution in [0.5, 0.6) is 0 Å². The zero-order chi connectivity index (χ0) is 14.7. The number of anilines is 1. The number of benzene rings is 1. The quantitative estimate of drug-likeness (QED) is 0.896. The van der Waals surface area contributed by atoms with E-state index in [1.54, 1.807) is 4.90 Å². The maximum absolute atomic E-state index is 12.0. The van der Waals surface area contributed by atoms with Crippen molar-refractivity contribution in [1.29, 1.82) is 0 Å². The minimum atomic E-state index is -0.107. The number of hydrogen-bond acceptors (Lipinski definition) is 2. The number of carbonyl (C=O) groups excluding carboxylic acids is 2. The first-order chi connectivity index (χ1) is 9.49. The Balaban J connectivity index is 2.19. The fraction of sp³-hybridized carbons (Fsp3) is 0.500. The van der Waals surface area contributed by atoms with E-state index < -0.39 is 0 Å². The lowest BCUT2D eigenvalue weighted by Crippen LogP contribution is -2.41. The average molecular weight is 274 g/mol. The Morgan fingerprint density at radius 3 is 2.50 bits per heavy atom. The molecule has 0 atom stereocenters. The van der Waals surface area contributed by atoms with E-state index in [2.05, 4.69) is 19.2 Å². The lowest BCUT2D eigenvalue weighted by molar-refractivity contribution is -0.123. The van der Waals surface area contributed by atoms with Gasteiger partial charge in [-0.2, -0.15) is 0 Å². The molecule has 1 aliphatic rings. The van der Waals surface area contributed by atoms with Gasteiger partial charge < -0.3 is 10.2 Å². The predicted molar refractivity (Wildman–Crippen MR) is 79.7 cm³/mol. The SMILES string of the molecule is CC(=O)N(CC(=O)NC1CC1)c1ccccc1C(C)C. The van der Waals surface area contributed by atoms with Crippen LogP contribution in [0, 0.1) is 0 Å². The third kappa shape index (κ3) is 3.59. The largest absolute Gasteiger partial charge is 0.352 e. The molecule has 1 aromatic carbocycles. The maximum Gasteiger partial charge on any atom is 0.240 e. The van der Waals surface area contributed by atoms with Gasteiger partial charge in [-0.3, -0.25) is 9.59 Å². The van der Waals surface area contributed by atoms with Gasteiger partial charge in [0, 0.05) is 18.7 Å². The van der Waals surface area contributed by atoms with Crippen LogP contribution in [0.4, 0.5) is 5.69 Å². The van der Waals surface area contributed by atoms with Gasteiger partial charge in [-0.1, -0.05) is 32.0 Å². The summed E-state index contributed by atoms with van der Waals surface area (Å²) in [6.07, 6.45) is 2.10. The van der Waals surface area contributed by atoms with Crippen LogP contribution in [-0.2, 0) is 9.59 Å². The zero-order valence-corrected chi connectivity index (χ0v) is 12.3. The number of nitrogens with one attached hydrogen (secondary N) is 1. The highest BCUT2D eigenvalue weighted by molar-refractivity contribution is 5.98. The van der Waals surface area contributed by atoms with Crippen LogP contribution in [0.2, 0.25) is 0 Å². The standard InChI is InChI=1S/C16H22N2O2/c1-11(2)14-6-4-5-7-15(14)18(12(3)19)10-16(20)17-13-8-9-13/h4-7,11,13H,8-10H2,1-3H3,(H,17,20). The molecule has 4 nitrogen and oxygen atoms in total. The molecule has 1 aromatic rings. The summed E-state index contributed by atoms with van der Waals surface area (Å²) in [5.41, 5.74) is 1.92. The van der Waals surface area contributed by atoms with Crippen molar-refractivity contribution < 1.29 is 9.59 Å². The monoisotopic (exact) mass is 274 g/mol. The summed E-state index contributed by atoms with van der Waals surface area (Å²) in [6.45, 7) is 5.76. The first-order valence-corrected chi connectivity index (χ1v) is 7.15. The van der Waals surface area contributed by atoms with Crippen molar-refractivity contribution in [3.8, 4) is 0 Å². The van der Waals surface area contributed by atoms with Gasteiger partial charge in [-0.25, -0.2) is 0 Å². The molecule has 1 N–H and O–H groups in total. The van der Waals surface area contributed by atoms with Gasteiger partial charge in [0.15, 0.2) is 0 Å². The van der Waals surface area contributed by atoms with Crippen molar-refractivity contribution in [2.45, 2.75) is 45.6 Å². The highest BCUT2D eigenvalue weighted by Gasteiger charge is 2.25. The van der Waals surface area contributed by atoms with E-state index in [-0.39, 0.29) is 18.4 Å². The minimum absolute atomic E-state index is 0.0822. The van der Waals surface area contributed by atoms with Crippen LogP contribution < -0.4 is 10.2 Å². The van der Waals surface area contributed by atoms with Gasteiger partial charge in [0.05, 0.1) is 0 Å². The van der Waals surface area contributed by atoms with Gasteiger partial charge in [0.1, 0.15) is 6.54 Å². The second-order valence-corrected chi connectivity index (χ2v) is 5.66. The first kappa shape index (κ1) is 14.6. The Labute approximate surface area is 120 Å². The molecule has 0 unspecified atom stereocenters. The Morgan fingerprint density at radius 1 is 1.30 bits per heavy atom. The fourth-order valence-corrected chi connectivity index (χ4v) is 2.23. The molecule has 0 bridgehead atoms. The molecule has 108 valence electrons. The second-order valence-electron chi connectivity index (χ2n) is 5.66. The molecular weight excluding hydrogens is 252 g/mol. The molecule has 2 amide bonds. The van der Waals surface area contributed by atoms with E-state index in [4.69, 9.17) is 0 Å². The summed E-state index contributed by atoms with van der Waals surface area (Å²) in [6, 6.07) is 8.09. The zero-order valence-electron chi connectivity index (χ0n) is 12.3. The first-order valence-electron chi connectivity index (χ1n) is 7.15. The normalized spacial score (nSPS) is 14.2. The molecule has 1 fully saturated rings. The average Bonchev–Trinajstić information content (AvgIpc) is 3.19. The Bertz CT molecular complexity index is 507. The molecule has 0 heterocycles. The highest BCUT2D eigenvalue weighted by atomic mass is 16.2. The van der Waals surface area contributed by atoms with E-state index in [1.807, 2.05) is 24.3 Å². The summed E-state index contributed by atoms with van der Waals surface area (Å²) in [5.74, 6) is 0.116. The molecule has 0 aliphatic heterocycles. The van der Waals surface area contributed by atoms with Crippen LogP contribution in [0.1, 0.15) is 45.1 Å². The molecule has 2 rings (SSSR count). The van der Waals surface area contributed by atoms with Gasteiger partial charge in [0.2, 0.25) is 11.8 Å². The van der Waals surface area contributed by atoms with Gasteiger partial charge in [-0.05, 0) is 30.4 Å². The molecule has 20 heavy (non-hydrogen) atoms. The van der Waals surface area contributed by atoms with E-state index in [1.165, 1.54) is 6.92 Å². The Kier molecular flexibility index (Phi) is 4.42. The third-order valence-electron chi connectivity index (χ3n) is 3.47. The number of rotatable bonds is 5. The van der Waals surface area contributed by atoms with E-state index >= 15 is 0 Å². The summed E-state index contributed by atoms with van der Waals surface area (Å²) >= 11 is 0. The van der Waals surface area contributed by atoms with Crippen LogP contribution in [-0.4, -0.2) is 24.4 Å². The molecule has 1 saturated carbocycles. The summed E-state index contributed by atoms with van der Waals surface area (Å²) in [5, 5.41) is 2.92. The van der Waals surface area contributed by atoms with Gasteiger partial charge in [-0.15, -0.1) is 0 Å². The second kappa shape index (κ2) is 6.07. The molecule has 1 aliphatic carbocycles. The molecule has 0 radical (unpaired) electrons. The van der Waals surface area contributed by atoms with Gasteiger partial charge >= 0.3 is 0 Å². The van der Waals surface area contributed by atoms with Crippen LogP contribution >= 0.6 is 0 Å². The van der Waals surface area contributed by atoms with Crippen molar-refractivity contribution in [3.63, 3.8) is 0 Å². The fourth-order valence-electron chi connectivity index (χ4n) is 2.23. The van der Waals surface area contributed by atoms with Crippen LogP contribution in [0.25, 0.3) is 0 Å². The summed E-state index contributed by atoms with van der Waals surface area (Å²) in [7, 11) is 0. The van der Waals surface area contributed by atoms with Crippen molar-refractivity contribution in [2.24, 2.45) is 0 Å². The maximum atomic E-state index is 12.0. The van der Waals surface area contributed by atoms with Crippen molar-refractivity contribution in [2.75, 3.05) is 11.4 Å². The number of hydrogen-bond donors (Lipinski definition) is 1. The topological polar surface area (TPSA) is 49.4 Å². The third-order valence-corrected chi connectivity index (χ3v) is 3.47. The smallest absolute Gasteiger partial charge is 0.240 e. The minimum Gasteiger partial charge on any atom is -0.352 e. The van der Waals surface area contributed by atoms with Crippen LogP contribution in [0.15, 0.2) is 24.3 Å². The molecule has 0 aromatic heterocycles. The number of para-hydroxylation sites is 1. The Hall–Kier alpha value is -1.84. The summed E-state index contributed by atoms with van der Waals surface area (Å²) in [4.78, 5) is 25.4. The van der Waals surface area contributed by atoms with Gasteiger partial charge in [0.25, 0.3) is 0 Å². The molecular formula is C16H22N2O2. The highest BCUT2D eigenvalue weighted by Crippen LogP contribution is 2.27. The van der Waals surface area contributed by atoms with Crippen molar-refractivity contribution in [3.05, 3.63) is 29.8 Å². The van der Waals surface area contributed by atoms with E-state index in [9.17, 15) is 9.59 Å². The van der Waals surface area contributed by atoms with E-state index in [0.717, 1.165) is 24.1 Å². The lowest BCUT2D eigenvalue weighted by Gasteiger charge is -2.24. The van der Waals surface area contributed by atoms with E-state index in [0.29, 0.717) is 12.0 Å². The molecule has 0 saturated heterocycles. The molecule has 0 spiro atoms. The summed E-state index contributed by atoms with van der Waals surface area (Å²) < 4.78 is 0. The number of nitrogens with zero attached hydrogens (tertiary/aromatic N) is 1. The van der Waals surface area contributed by atoms with Crippen LogP contribution in [0.3, 0.4) is 0 Å². The molecule has 4 heteroatoms. The number of carbonyl (C=O) groups is 2. The predicted octanol–water partition coefficient (Wildman–Crippen LogP) is 2.44. The number of amides is 2. The Morgan fingerprint density at radius 2 is 1.95 bits per heavy atom.